The zero-order valence-corrected chi connectivity index (χ0v) is 16.2. The number of aromatic nitrogens is 5. The molecule has 0 aromatic carbocycles. The third-order valence-corrected chi connectivity index (χ3v) is 5.03. The quantitative estimate of drug-likeness (QED) is 0.377. The molecule has 5 N–H and O–H groups in total. The van der Waals surface area contributed by atoms with Crippen LogP contribution in [0.1, 0.15) is 37.2 Å². The molecule has 4 heterocycles. The summed E-state index contributed by atoms with van der Waals surface area (Å²) in [6, 6.07) is 3.60. The fraction of sp³-hybridized carbons (Fsp3) is 0.474. The number of hydrogen-bond donors (Lipinski definition) is 4. The largest absolute Gasteiger partial charge is 0.476 e. The van der Waals surface area contributed by atoms with Gasteiger partial charge in [-0.25, -0.2) is 4.98 Å². The number of imidazole rings is 1. The Balaban J connectivity index is 1.43. The van der Waals surface area contributed by atoms with E-state index in [2.05, 4.69) is 19.9 Å². The minimum Gasteiger partial charge on any atom is -0.476 e. The first-order valence-corrected chi connectivity index (χ1v) is 9.72. The number of fused-ring (bicyclic) bond motifs is 1. The highest BCUT2D eigenvalue weighted by atomic mass is 16.5. The lowest BCUT2D eigenvalue weighted by Crippen LogP contribution is -2.24. The molecule has 1 aliphatic heterocycles. The van der Waals surface area contributed by atoms with Gasteiger partial charge in [-0.3, -0.25) is 9.55 Å². The van der Waals surface area contributed by atoms with Gasteiger partial charge in [-0.1, -0.05) is 6.07 Å². The monoisotopic (exact) mass is 416 g/mol. The second kappa shape index (κ2) is 8.88. The van der Waals surface area contributed by atoms with Crippen LogP contribution in [0.2, 0.25) is 0 Å². The van der Waals surface area contributed by atoms with Gasteiger partial charge < -0.3 is 30.5 Å². The van der Waals surface area contributed by atoms with Crippen LogP contribution >= 0.6 is 0 Å². The maximum absolute atomic E-state index is 10.2. The summed E-state index contributed by atoms with van der Waals surface area (Å²) in [6.45, 7) is 0.0294. The molecule has 1 fully saturated rings. The molecule has 4 atom stereocenters. The molecule has 1 aliphatic rings. The Morgan fingerprint density at radius 3 is 2.97 bits per heavy atom. The number of rotatable bonds is 8. The van der Waals surface area contributed by atoms with E-state index in [-0.39, 0.29) is 18.4 Å². The molecule has 0 bridgehead atoms. The van der Waals surface area contributed by atoms with Crippen LogP contribution in [0.4, 0.5) is 5.95 Å². The highest BCUT2D eigenvalue weighted by molar-refractivity contribution is 5.77. The predicted octanol–water partition coefficient (Wildman–Crippen LogP) is 0.337. The van der Waals surface area contributed by atoms with E-state index in [1.807, 2.05) is 6.07 Å². The second-order valence-corrected chi connectivity index (χ2v) is 7.12. The van der Waals surface area contributed by atoms with Crippen molar-refractivity contribution in [2.24, 2.45) is 0 Å². The van der Waals surface area contributed by atoms with E-state index in [9.17, 15) is 15.3 Å². The van der Waals surface area contributed by atoms with Crippen LogP contribution in [0.3, 0.4) is 0 Å². The molecule has 11 nitrogen and oxygen atoms in total. The summed E-state index contributed by atoms with van der Waals surface area (Å²) in [6.07, 6.45) is 3.60. The third kappa shape index (κ3) is 4.19. The Bertz CT molecular complexity index is 984. The van der Waals surface area contributed by atoms with Crippen molar-refractivity contribution in [1.29, 1.82) is 0 Å². The van der Waals surface area contributed by atoms with E-state index in [1.54, 1.807) is 23.0 Å². The van der Waals surface area contributed by atoms with Crippen molar-refractivity contribution in [1.82, 2.24) is 24.5 Å². The first-order chi connectivity index (χ1) is 14.6. The molecule has 30 heavy (non-hydrogen) atoms. The number of nitrogens with zero attached hydrogens (tertiary/aromatic N) is 5. The van der Waals surface area contributed by atoms with Gasteiger partial charge in [-0.05, 0) is 24.5 Å². The number of ether oxygens (including phenoxy) is 2. The van der Waals surface area contributed by atoms with Gasteiger partial charge in [0.1, 0.15) is 12.3 Å². The zero-order valence-electron chi connectivity index (χ0n) is 16.2. The van der Waals surface area contributed by atoms with Crippen LogP contribution < -0.4 is 10.5 Å². The highest BCUT2D eigenvalue weighted by Gasteiger charge is 2.35. The van der Waals surface area contributed by atoms with Crippen LogP contribution in [0.25, 0.3) is 11.2 Å². The molecular weight excluding hydrogens is 392 g/mol. The molecule has 0 spiro atoms. The Hall–Kier alpha value is -2.86. The molecule has 4 rings (SSSR count). The average Bonchev–Trinajstić information content (AvgIpc) is 3.34. The van der Waals surface area contributed by atoms with Crippen LogP contribution in [-0.2, 0) is 4.74 Å². The molecule has 3 aromatic rings. The van der Waals surface area contributed by atoms with Crippen molar-refractivity contribution in [3.63, 3.8) is 0 Å². The summed E-state index contributed by atoms with van der Waals surface area (Å²) in [4.78, 5) is 16.7. The van der Waals surface area contributed by atoms with Crippen LogP contribution in [0, 0.1) is 0 Å². The van der Waals surface area contributed by atoms with Gasteiger partial charge in [-0.15, -0.1) is 0 Å². The molecule has 3 aromatic heterocycles. The first kappa shape index (κ1) is 20.4. The van der Waals surface area contributed by atoms with Crippen molar-refractivity contribution in [2.45, 2.75) is 43.8 Å². The fourth-order valence-electron chi connectivity index (χ4n) is 3.45. The molecule has 160 valence electrons. The second-order valence-electron chi connectivity index (χ2n) is 7.12. The zero-order chi connectivity index (χ0) is 21.1. The SMILES string of the molecule is Nc1nc(OCCCC(O)c2cccnc2)c2ncn([C@H]3C[C@H](O)[C@@H](CO)O3)c2n1. The van der Waals surface area contributed by atoms with Crippen LogP contribution in [0.15, 0.2) is 30.9 Å². The van der Waals surface area contributed by atoms with E-state index < -0.39 is 24.5 Å². The van der Waals surface area contributed by atoms with E-state index >= 15 is 0 Å². The molecule has 0 saturated carbocycles. The number of nitrogen functional groups attached to an aromatic ring is 1. The average molecular weight is 416 g/mol. The van der Waals surface area contributed by atoms with Gasteiger partial charge >= 0.3 is 0 Å². The smallest absolute Gasteiger partial charge is 0.247 e. The summed E-state index contributed by atoms with van der Waals surface area (Å²) >= 11 is 0. The standard InChI is InChI=1S/C19H24N6O5/c20-19-23-17-16(22-10-25(17)15-7-13(28)14(9-26)30-15)18(24-19)29-6-2-4-12(27)11-3-1-5-21-8-11/h1,3,5,8,10,12-15,26-28H,2,4,6-7,9H2,(H2,20,23,24)/t12?,13-,14+,15+/m0/s1. The highest BCUT2D eigenvalue weighted by Crippen LogP contribution is 2.32. The van der Waals surface area contributed by atoms with Crippen LogP contribution in [-0.4, -0.2) is 65.2 Å². The normalized spacial score (nSPS) is 22.4. The number of aliphatic hydroxyl groups excluding tert-OH is 3. The number of anilines is 1. The maximum Gasteiger partial charge on any atom is 0.247 e. The molecule has 1 unspecified atom stereocenters. The Labute approximate surface area is 172 Å². The minimum atomic E-state index is -0.779. The molecule has 0 amide bonds. The molecule has 1 saturated heterocycles. The molecular formula is C19H24N6O5. The third-order valence-electron chi connectivity index (χ3n) is 5.03. The summed E-state index contributed by atoms with van der Waals surface area (Å²) in [5.74, 6) is 0.260. The van der Waals surface area contributed by atoms with E-state index in [0.29, 0.717) is 37.0 Å². The van der Waals surface area contributed by atoms with Crippen molar-refractivity contribution in [2.75, 3.05) is 18.9 Å². The molecule has 0 radical (unpaired) electrons. The number of nitrogens with two attached hydrogens (primary N) is 1. The lowest BCUT2D eigenvalue weighted by Gasteiger charge is -2.14. The first-order valence-electron chi connectivity index (χ1n) is 9.72. The summed E-state index contributed by atoms with van der Waals surface area (Å²) in [7, 11) is 0. The lowest BCUT2D eigenvalue weighted by molar-refractivity contribution is -0.0432. The number of pyridine rings is 1. The van der Waals surface area contributed by atoms with Crippen molar-refractivity contribution in [3.05, 3.63) is 36.4 Å². The van der Waals surface area contributed by atoms with Gasteiger partial charge in [0.15, 0.2) is 11.2 Å². The number of hydrogen-bond acceptors (Lipinski definition) is 10. The Morgan fingerprint density at radius 2 is 2.23 bits per heavy atom. The van der Waals surface area contributed by atoms with Crippen molar-refractivity contribution in [3.8, 4) is 5.88 Å². The summed E-state index contributed by atoms with van der Waals surface area (Å²) in [5, 5.41) is 29.5. The van der Waals surface area contributed by atoms with Crippen molar-refractivity contribution >= 4 is 17.1 Å². The Morgan fingerprint density at radius 1 is 1.37 bits per heavy atom. The van der Waals surface area contributed by atoms with Gasteiger partial charge in [0.05, 0.1) is 31.7 Å². The topological polar surface area (TPSA) is 162 Å². The minimum absolute atomic E-state index is 0.0203. The van der Waals surface area contributed by atoms with Gasteiger partial charge in [0, 0.05) is 18.8 Å². The summed E-state index contributed by atoms with van der Waals surface area (Å²) < 4.78 is 13.1. The predicted molar refractivity (Wildman–Crippen MR) is 105 cm³/mol. The van der Waals surface area contributed by atoms with Gasteiger partial charge in [0.2, 0.25) is 11.8 Å². The van der Waals surface area contributed by atoms with E-state index in [0.717, 1.165) is 5.56 Å². The lowest BCUT2D eigenvalue weighted by atomic mass is 10.1. The Kier molecular flexibility index (Phi) is 6.04. The molecule has 11 heteroatoms. The van der Waals surface area contributed by atoms with Crippen LogP contribution in [0.5, 0.6) is 5.88 Å². The number of aliphatic hydroxyl groups is 3. The van der Waals surface area contributed by atoms with E-state index in [4.69, 9.17) is 15.2 Å². The summed E-state index contributed by atoms with van der Waals surface area (Å²) in [5.41, 5.74) is 7.43. The molecule has 0 aliphatic carbocycles. The van der Waals surface area contributed by atoms with Gasteiger partial charge in [-0.2, -0.15) is 9.97 Å². The fourth-order valence-corrected chi connectivity index (χ4v) is 3.45. The van der Waals surface area contributed by atoms with Crippen molar-refractivity contribution < 1.29 is 24.8 Å². The van der Waals surface area contributed by atoms with Gasteiger partial charge in [0.25, 0.3) is 0 Å². The maximum atomic E-state index is 10.2. The van der Waals surface area contributed by atoms with E-state index in [1.165, 1.54) is 6.33 Å².